The molecule has 1 aliphatic rings. The Labute approximate surface area is 171 Å². The number of hydrogen-bond donors (Lipinski definition) is 1. The van der Waals surface area contributed by atoms with Gasteiger partial charge in [-0.3, -0.25) is 9.69 Å². The van der Waals surface area contributed by atoms with E-state index in [9.17, 15) is 13.2 Å². The van der Waals surface area contributed by atoms with Crippen LogP contribution < -0.4 is 0 Å². The van der Waals surface area contributed by atoms with Crippen molar-refractivity contribution < 1.29 is 13.2 Å². The number of para-hydroxylation sites is 1. The molecule has 0 aliphatic carbocycles. The van der Waals surface area contributed by atoms with Crippen LogP contribution in [0.25, 0.3) is 10.9 Å². The van der Waals surface area contributed by atoms with Gasteiger partial charge in [0.2, 0.25) is 10.0 Å². The lowest BCUT2D eigenvalue weighted by molar-refractivity contribution is 0.0903. The van der Waals surface area contributed by atoms with E-state index in [0.29, 0.717) is 32.7 Å². The maximum Gasteiger partial charge on any atom is 0.218 e. The van der Waals surface area contributed by atoms with Crippen molar-refractivity contribution in [3.8, 4) is 0 Å². The Morgan fingerprint density at radius 1 is 0.966 bits per heavy atom. The largest absolute Gasteiger partial charge is 0.358 e. The number of Topliss-reactive ketones (excluding diaryl/α,β-unsaturated/α-hetero) is 1. The normalized spacial score (nSPS) is 16.3. The Morgan fingerprint density at radius 3 is 2.34 bits per heavy atom. The van der Waals surface area contributed by atoms with Crippen LogP contribution >= 0.6 is 0 Å². The minimum Gasteiger partial charge on any atom is -0.358 e. The molecule has 4 rings (SSSR count). The number of ketones is 1. The van der Waals surface area contributed by atoms with Crippen LogP contribution in [0.15, 0.2) is 54.6 Å². The fourth-order valence-corrected chi connectivity index (χ4v) is 5.48. The van der Waals surface area contributed by atoms with Gasteiger partial charge in [0.05, 0.1) is 12.3 Å². The number of fused-ring (bicyclic) bond motifs is 1. The number of sulfonamides is 1. The molecule has 2 aromatic carbocycles. The zero-order valence-corrected chi connectivity index (χ0v) is 17.3. The molecule has 3 aromatic rings. The van der Waals surface area contributed by atoms with Gasteiger partial charge in [-0.25, -0.2) is 8.42 Å². The highest BCUT2D eigenvalue weighted by molar-refractivity contribution is 7.88. The molecule has 0 saturated carbocycles. The minimum absolute atomic E-state index is 0.0152. The first-order chi connectivity index (χ1) is 13.9. The fourth-order valence-electron chi connectivity index (χ4n) is 3.96. The van der Waals surface area contributed by atoms with E-state index < -0.39 is 10.0 Å². The number of H-pyrrole nitrogens is 1. The number of aromatic nitrogens is 1. The van der Waals surface area contributed by atoms with Gasteiger partial charge >= 0.3 is 0 Å². The molecule has 29 heavy (non-hydrogen) atoms. The summed E-state index contributed by atoms with van der Waals surface area (Å²) in [6, 6.07) is 17.0. The lowest BCUT2D eigenvalue weighted by Gasteiger charge is -2.33. The molecule has 1 aromatic heterocycles. The zero-order chi connectivity index (χ0) is 20.4. The molecule has 2 heterocycles. The molecule has 1 aliphatic heterocycles. The van der Waals surface area contributed by atoms with Gasteiger partial charge < -0.3 is 4.98 Å². The Kier molecular flexibility index (Phi) is 5.54. The van der Waals surface area contributed by atoms with Crippen LogP contribution in [0.3, 0.4) is 0 Å². The van der Waals surface area contributed by atoms with E-state index in [4.69, 9.17) is 0 Å². The number of aryl methyl sites for hydroxylation is 1. The van der Waals surface area contributed by atoms with Crippen molar-refractivity contribution in [2.75, 3.05) is 32.7 Å². The zero-order valence-electron chi connectivity index (χ0n) is 16.5. The molecule has 0 spiro atoms. The molecule has 1 saturated heterocycles. The fraction of sp³-hybridized carbons (Fsp3) is 0.318. The summed E-state index contributed by atoms with van der Waals surface area (Å²) in [7, 11) is -3.35. The second-order valence-corrected chi connectivity index (χ2v) is 9.48. The Bertz CT molecular complexity index is 1110. The van der Waals surface area contributed by atoms with Crippen molar-refractivity contribution >= 4 is 26.7 Å². The second kappa shape index (κ2) is 8.10. The molecular weight excluding hydrogens is 386 g/mol. The predicted molar refractivity (Wildman–Crippen MR) is 114 cm³/mol. The third kappa shape index (κ3) is 4.27. The number of rotatable bonds is 6. The second-order valence-electron chi connectivity index (χ2n) is 7.51. The van der Waals surface area contributed by atoms with Gasteiger partial charge in [-0.05, 0) is 18.6 Å². The molecule has 0 amide bonds. The third-order valence-electron chi connectivity index (χ3n) is 5.46. The van der Waals surface area contributed by atoms with E-state index in [0.717, 1.165) is 27.7 Å². The molecule has 7 heteroatoms. The first-order valence-corrected chi connectivity index (χ1v) is 11.4. The first kappa shape index (κ1) is 19.8. The summed E-state index contributed by atoms with van der Waals surface area (Å²) in [6.45, 7) is 4.16. The smallest absolute Gasteiger partial charge is 0.218 e. The molecule has 0 bridgehead atoms. The van der Waals surface area contributed by atoms with E-state index in [1.807, 2.05) is 66.4 Å². The van der Waals surface area contributed by atoms with E-state index >= 15 is 0 Å². The van der Waals surface area contributed by atoms with Crippen LogP contribution in [0.4, 0.5) is 0 Å². The quantitative estimate of drug-likeness (QED) is 0.633. The van der Waals surface area contributed by atoms with Gasteiger partial charge in [0.25, 0.3) is 0 Å². The number of hydrogen-bond acceptors (Lipinski definition) is 4. The van der Waals surface area contributed by atoms with Crippen molar-refractivity contribution in [1.29, 1.82) is 0 Å². The summed E-state index contributed by atoms with van der Waals surface area (Å²) < 4.78 is 26.9. The van der Waals surface area contributed by atoms with Gasteiger partial charge in [0.1, 0.15) is 0 Å². The molecule has 6 nitrogen and oxygen atoms in total. The SMILES string of the molecule is Cc1[nH]c2ccccc2c1C(=O)CN1CCN(S(=O)(=O)Cc2ccccc2)CC1. The Hall–Kier alpha value is -2.48. The number of benzene rings is 2. The van der Waals surface area contributed by atoms with Crippen LogP contribution in [0.5, 0.6) is 0 Å². The summed E-state index contributed by atoms with van der Waals surface area (Å²) >= 11 is 0. The maximum atomic E-state index is 12.9. The number of carbonyl (C=O) groups is 1. The van der Waals surface area contributed by atoms with Crippen LogP contribution in [-0.4, -0.2) is 61.1 Å². The summed E-state index contributed by atoms with van der Waals surface area (Å²) in [5, 5.41) is 0.944. The maximum absolute atomic E-state index is 12.9. The summed E-state index contributed by atoms with van der Waals surface area (Å²) in [6.07, 6.45) is 0. The summed E-state index contributed by atoms with van der Waals surface area (Å²) in [5.74, 6) is 0.0851. The summed E-state index contributed by atoms with van der Waals surface area (Å²) in [4.78, 5) is 18.2. The van der Waals surface area contributed by atoms with Crippen molar-refractivity contribution in [2.45, 2.75) is 12.7 Å². The number of aromatic amines is 1. The lowest BCUT2D eigenvalue weighted by Crippen LogP contribution is -2.50. The average molecular weight is 412 g/mol. The topological polar surface area (TPSA) is 73.5 Å². The van der Waals surface area contributed by atoms with Gasteiger partial charge in [0.15, 0.2) is 5.78 Å². The summed E-state index contributed by atoms with van der Waals surface area (Å²) in [5.41, 5.74) is 3.37. The number of piperazine rings is 1. The van der Waals surface area contributed by atoms with Crippen molar-refractivity contribution in [2.24, 2.45) is 0 Å². The third-order valence-corrected chi connectivity index (χ3v) is 7.31. The van der Waals surface area contributed by atoms with Crippen molar-refractivity contribution in [1.82, 2.24) is 14.2 Å². The van der Waals surface area contributed by atoms with Crippen LogP contribution in [-0.2, 0) is 15.8 Å². The van der Waals surface area contributed by atoms with E-state index in [2.05, 4.69) is 4.98 Å². The van der Waals surface area contributed by atoms with Crippen LogP contribution in [0.2, 0.25) is 0 Å². The predicted octanol–water partition coefficient (Wildman–Crippen LogP) is 2.81. The number of nitrogens with one attached hydrogen (secondary N) is 1. The van der Waals surface area contributed by atoms with Gasteiger partial charge in [0, 0.05) is 48.3 Å². The number of carbonyl (C=O) groups excluding carboxylic acids is 1. The Morgan fingerprint density at radius 2 is 1.62 bits per heavy atom. The van der Waals surface area contributed by atoms with Gasteiger partial charge in [-0.15, -0.1) is 0 Å². The van der Waals surface area contributed by atoms with Gasteiger partial charge in [-0.1, -0.05) is 48.5 Å². The minimum atomic E-state index is -3.35. The van der Waals surface area contributed by atoms with Crippen LogP contribution in [0, 0.1) is 6.92 Å². The highest BCUT2D eigenvalue weighted by atomic mass is 32.2. The molecule has 0 unspecified atom stereocenters. The number of nitrogens with zero attached hydrogens (tertiary/aromatic N) is 2. The molecule has 0 radical (unpaired) electrons. The molecule has 1 fully saturated rings. The highest BCUT2D eigenvalue weighted by Crippen LogP contribution is 2.23. The first-order valence-electron chi connectivity index (χ1n) is 9.78. The molecule has 152 valence electrons. The average Bonchev–Trinajstić information content (AvgIpc) is 3.04. The molecule has 1 N–H and O–H groups in total. The van der Waals surface area contributed by atoms with E-state index in [-0.39, 0.29) is 11.5 Å². The Balaban J connectivity index is 1.38. The van der Waals surface area contributed by atoms with E-state index in [1.165, 1.54) is 4.31 Å². The lowest BCUT2D eigenvalue weighted by atomic mass is 10.1. The van der Waals surface area contributed by atoms with Crippen molar-refractivity contribution in [3.05, 3.63) is 71.4 Å². The molecule has 0 atom stereocenters. The monoisotopic (exact) mass is 411 g/mol. The van der Waals surface area contributed by atoms with E-state index in [1.54, 1.807) is 0 Å². The van der Waals surface area contributed by atoms with Gasteiger partial charge in [-0.2, -0.15) is 4.31 Å². The standard InChI is InChI=1S/C22H25N3O3S/c1-17-22(19-9-5-6-10-20(19)23-17)21(26)15-24-11-13-25(14-12-24)29(27,28)16-18-7-3-2-4-8-18/h2-10,23H,11-16H2,1H3. The highest BCUT2D eigenvalue weighted by Gasteiger charge is 2.28. The van der Waals surface area contributed by atoms with Crippen LogP contribution in [0.1, 0.15) is 21.6 Å². The molecular formula is C22H25N3O3S. The van der Waals surface area contributed by atoms with Crippen molar-refractivity contribution in [3.63, 3.8) is 0 Å².